The lowest BCUT2D eigenvalue weighted by Gasteiger charge is -2.08. The topological polar surface area (TPSA) is 55.2 Å². The number of thioether (sulfide) groups is 1. The van der Waals surface area contributed by atoms with Crippen LogP contribution in [0.15, 0.2) is 47.4 Å². The SMILES string of the molecule is Cc1cc(NCCSc2ccccc2)c([N+](=O)[O-])cc1F. The molecule has 2 aromatic carbocycles. The van der Waals surface area contributed by atoms with Crippen molar-refractivity contribution in [2.75, 3.05) is 17.6 Å². The summed E-state index contributed by atoms with van der Waals surface area (Å²) in [7, 11) is 0. The van der Waals surface area contributed by atoms with Gasteiger partial charge in [-0.15, -0.1) is 11.8 Å². The van der Waals surface area contributed by atoms with Crippen LogP contribution in [-0.2, 0) is 0 Å². The predicted octanol–water partition coefficient (Wildman–Crippen LogP) is 4.25. The van der Waals surface area contributed by atoms with Gasteiger partial charge in [-0.3, -0.25) is 10.1 Å². The summed E-state index contributed by atoms with van der Waals surface area (Å²) >= 11 is 1.65. The molecule has 0 heterocycles. The Balaban J connectivity index is 1.96. The van der Waals surface area contributed by atoms with Crippen molar-refractivity contribution < 1.29 is 9.31 Å². The van der Waals surface area contributed by atoms with Crippen molar-refractivity contribution >= 4 is 23.1 Å². The summed E-state index contributed by atoms with van der Waals surface area (Å²) in [5.74, 6) is 0.198. The molecule has 0 spiro atoms. The van der Waals surface area contributed by atoms with Gasteiger partial charge in [-0.2, -0.15) is 0 Å². The van der Waals surface area contributed by atoms with Crippen molar-refractivity contribution in [1.82, 2.24) is 0 Å². The summed E-state index contributed by atoms with van der Waals surface area (Å²) in [6.07, 6.45) is 0. The van der Waals surface area contributed by atoms with Crippen LogP contribution in [0, 0.1) is 22.9 Å². The molecule has 0 saturated heterocycles. The third kappa shape index (κ3) is 4.19. The van der Waals surface area contributed by atoms with Gasteiger partial charge in [-0.1, -0.05) is 18.2 Å². The van der Waals surface area contributed by atoms with Crippen LogP contribution >= 0.6 is 11.8 Å². The fraction of sp³-hybridized carbons (Fsp3) is 0.200. The lowest BCUT2D eigenvalue weighted by atomic mass is 10.2. The number of halogens is 1. The molecule has 0 saturated carbocycles. The Morgan fingerprint density at radius 3 is 2.67 bits per heavy atom. The van der Waals surface area contributed by atoms with Crippen LogP contribution < -0.4 is 5.32 Å². The first-order chi connectivity index (χ1) is 10.1. The number of aryl methyl sites for hydroxylation is 1. The molecule has 2 aromatic rings. The standard InChI is InChI=1S/C15H15FN2O2S/c1-11-9-14(15(18(19)20)10-13(11)16)17-7-8-21-12-5-3-2-4-6-12/h2-6,9-10,17H,7-8H2,1H3. The van der Waals surface area contributed by atoms with Gasteiger partial charge in [-0.05, 0) is 30.7 Å². The molecule has 0 aliphatic rings. The van der Waals surface area contributed by atoms with Crippen LogP contribution in [0.1, 0.15) is 5.56 Å². The number of nitrogens with one attached hydrogen (secondary N) is 1. The van der Waals surface area contributed by atoms with Gasteiger partial charge in [0, 0.05) is 17.2 Å². The molecule has 0 atom stereocenters. The highest BCUT2D eigenvalue weighted by Gasteiger charge is 2.16. The van der Waals surface area contributed by atoms with Gasteiger partial charge in [0.05, 0.1) is 11.0 Å². The first kappa shape index (κ1) is 15.3. The smallest absolute Gasteiger partial charge is 0.295 e. The second-order valence-electron chi connectivity index (χ2n) is 4.46. The largest absolute Gasteiger partial charge is 0.379 e. The van der Waals surface area contributed by atoms with Crippen LogP contribution in [0.5, 0.6) is 0 Å². The number of rotatable bonds is 6. The zero-order chi connectivity index (χ0) is 15.2. The molecule has 2 rings (SSSR count). The molecule has 0 aliphatic carbocycles. The maximum absolute atomic E-state index is 13.4. The summed E-state index contributed by atoms with van der Waals surface area (Å²) in [5, 5.41) is 13.9. The monoisotopic (exact) mass is 306 g/mol. The molecule has 4 nitrogen and oxygen atoms in total. The molecule has 21 heavy (non-hydrogen) atoms. The number of benzene rings is 2. The van der Waals surface area contributed by atoms with Crippen molar-refractivity contribution in [2.45, 2.75) is 11.8 Å². The molecule has 0 amide bonds. The van der Waals surface area contributed by atoms with E-state index in [1.54, 1.807) is 18.7 Å². The molecule has 6 heteroatoms. The maximum atomic E-state index is 13.4. The molecule has 1 N–H and O–H groups in total. The number of hydrogen-bond donors (Lipinski definition) is 1. The number of nitro benzene ring substituents is 1. The highest BCUT2D eigenvalue weighted by Crippen LogP contribution is 2.27. The quantitative estimate of drug-likeness (QED) is 0.375. The van der Waals surface area contributed by atoms with Crippen molar-refractivity contribution in [3.05, 3.63) is 64.0 Å². The Morgan fingerprint density at radius 2 is 2.00 bits per heavy atom. The van der Waals surface area contributed by atoms with Gasteiger partial charge in [0.25, 0.3) is 5.69 Å². The molecule has 110 valence electrons. The summed E-state index contributed by atoms with van der Waals surface area (Å²) in [5.41, 5.74) is 0.509. The minimum absolute atomic E-state index is 0.234. The van der Waals surface area contributed by atoms with E-state index in [-0.39, 0.29) is 5.69 Å². The number of anilines is 1. The van der Waals surface area contributed by atoms with Gasteiger partial charge in [0.1, 0.15) is 11.5 Å². The zero-order valence-corrected chi connectivity index (χ0v) is 12.3. The highest BCUT2D eigenvalue weighted by atomic mass is 32.2. The van der Waals surface area contributed by atoms with E-state index < -0.39 is 10.7 Å². The third-order valence-electron chi connectivity index (χ3n) is 2.90. The van der Waals surface area contributed by atoms with Gasteiger partial charge in [0.2, 0.25) is 0 Å². The van der Waals surface area contributed by atoms with Crippen molar-refractivity contribution in [2.24, 2.45) is 0 Å². The lowest BCUT2D eigenvalue weighted by Crippen LogP contribution is -2.07. The third-order valence-corrected chi connectivity index (χ3v) is 3.92. The Labute approximate surface area is 126 Å². The summed E-state index contributed by atoms with van der Waals surface area (Å²) in [4.78, 5) is 11.5. The Hall–Kier alpha value is -2.08. The fourth-order valence-corrected chi connectivity index (χ4v) is 2.62. The summed E-state index contributed by atoms with van der Waals surface area (Å²) in [6, 6.07) is 12.3. The molecule has 0 radical (unpaired) electrons. The van der Waals surface area contributed by atoms with Crippen LogP contribution in [0.3, 0.4) is 0 Å². The second kappa shape index (κ2) is 7.08. The normalized spacial score (nSPS) is 10.4. The fourth-order valence-electron chi connectivity index (χ4n) is 1.83. The molecule has 0 bridgehead atoms. The van der Waals surface area contributed by atoms with Crippen LogP contribution in [-0.4, -0.2) is 17.2 Å². The average molecular weight is 306 g/mol. The van der Waals surface area contributed by atoms with Crippen LogP contribution in [0.2, 0.25) is 0 Å². The van der Waals surface area contributed by atoms with Gasteiger partial charge in [0.15, 0.2) is 0 Å². The minimum atomic E-state index is -0.574. The molecule has 0 aromatic heterocycles. The van der Waals surface area contributed by atoms with E-state index in [2.05, 4.69) is 5.32 Å². The zero-order valence-electron chi connectivity index (χ0n) is 11.5. The minimum Gasteiger partial charge on any atom is -0.379 e. The number of nitrogens with zero attached hydrogens (tertiary/aromatic N) is 1. The van der Waals surface area contributed by atoms with Crippen molar-refractivity contribution in [3.8, 4) is 0 Å². The van der Waals surface area contributed by atoms with E-state index in [0.29, 0.717) is 17.8 Å². The Bertz CT molecular complexity index is 635. The Kier molecular flexibility index (Phi) is 5.16. The van der Waals surface area contributed by atoms with E-state index >= 15 is 0 Å². The maximum Gasteiger partial charge on any atom is 0.295 e. The van der Waals surface area contributed by atoms with E-state index in [4.69, 9.17) is 0 Å². The molecular formula is C15H15FN2O2S. The van der Waals surface area contributed by atoms with Gasteiger partial charge >= 0.3 is 0 Å². The molecule has 0 unspecified atom stereocenters. The average Bonchev–Trinajstić information content (AvgIpc) is 2.47. The van der Waals surface area contributed by atoms with Crippen LogP contribution in [0.4, 0.5) is 15.8 Å². The van der Waals surface area contributed by atoms with E-state index in [0.717, 1.165) is 16.7 Å². The summed E-state index contributed by atoms with van der Waals surface area (Å²) < 4.78 is 13.4. The van der Waals surface area contributed by atoms with Crippen LogP contribution in [0.25, 0.3) is 0 Å². The summed E-state index contributed by atoms with van der Waals surface area (Å²) in [6.45, 7) is 2.15. The Morgan fingerprint density at radius 1 is 1.29 bits per heavy atom. The van der Waals surface area contributed by atoms with Crippen molar-refractivity contribution in [3.63, 3.8) is 0 Å². The van der Waals surface area contributed by atoms with Gasteiger partial charge < -0.3 is 5.32 Å². The van der Waals surface area contributed by atoms with Gasteiger partial charge in [-0.25, -0.2) is 4.39 Å². The predicted molar refractivity (Wildman–Crippen MR) is 83.4 cm³/mol. The first-order valence-electron chi connectivity index (χ1n) is 6.44. The highest BCUT2D eigenvalue weighted by molar-refractivity contribution is 7.99. The van der Waals surface area contributed by atoms with Crippen molar-refractivity contribution in [1.29, 1.82) is 0 Å². The molecule has 0 aliphatic heterocycles. The molecular weight excluding hydrogens is 291 g/mol. The van der Waals surface area contributed by atoms with E-state index in [9.17, 15) is 14.5 Å². The first-order valence-corrected chi connectivity index (χ1v) is 7.43. The number of nitro groups is 1. The number of hydrogen-bond acceptors (Lipinski definition) is 4. The molecule has 0 fully saturated rings. The second-order valence-corrected chi connectivity index (χ2v) is 5.63. The van der Waals surface area contributed by atoms with E-state index in [1.165, 1.54) is 6.07 Å². The van der Waals surface area contributed by atoms with E-state index in [1.807, 2.05) is 30.3 Å². The lowest BCUT2D eigenvalue weighted by molar-refractivity contribution is -0.384.